The first-order valence-electron chi connectivity index (χ1n) is 9.17. The van der Waals surface area contributed by atoms with E-state index in [-0.39, 0.29) is 24.3 Å². The molecule has 0 spiro atoms. The van der Waals surface area contributed by atoms with Crippen LogP contribution in [-0.2, 0) is 4.79 Å². The van der Waals surface area contributed by atoms with E-state index in [1.165, 1.54) is 0 Å². The number of nitrogens with zero attached hydrogens (tertiary/aromatic N) is 2. The van der Waals surface area contributed by atoms with Gasteiger partial charge in [0.2, 0.25) is 5.91 Å². The highest BCUT2D eigenvalue weighted by molar-refractivity contribution is 7.18. The highest BCUT2D eigenvalue weighted by Gasteiger charge is 2.40. The minimum absolute atomic E-state index is 0.0165. The summed E-state index contributed by atoms with van der Waals surface area (Å²) in [7, 11) is 3.91. The molecular formula is C18H26N6OS. The van der Waals surface area contributed by atoms with Crippen molar-refractivity contribution in [2.45, 2.75) is 37.3 Å². The lowest BCUT2D eigenvalue weighted by Gasteiger charge is -2.41. The maximum atomic E-state index is 13.0. The van der Waals surface area contributed by atoms with E-state index in [0.717, 1.165) is 41.2 Å². The van der Waals surface area contributed by atoms with Crippen molar-refractivity contribution in [1.82, 2.24) is 31.2 Å². The van der Waals surface area contributed by atoms with Gasteiger partial charge in [-0.05, 0) is 45.6 Å². The lowest BCUT2D eigenvalue weighted by atomic mass is 10.00. The minimum Gasteiger partial charge on any atom is -0.327 e. The van der Waals surface area contributed by atoms with Crippen molar-refractivity contribution < 1.29 is 4.79 Å². The fourth-order valence-electron chi connectivity index (χ4n) is 3.63. The second-order valence-corrected chi connectivity index (χ2v) is 8.29. The molecule has 0 saturated carbocycles. The fraction of sp³-hybridized carbons (Fsp3) is 0.556. The number of aromatic nitrogens is 1. The number of fused-ring (bicyclic) bond motifs is 1. The molecule has 2 aliphatic rings. The first kappa shape index (κ1) is 17.8. The Kier molecular flexibility index (Phi) is 5.19. The number of amides is 1. The van der Waals surface area contributed by atoms with Gasteiger partial charge in [0, 0.05) is 12.6 Å². The minimum atomic E-state index is -0.342. The van der Waals surface area contributed by atoms with E-state index >= 15 is 0 Å². The van der Waals surface area contributed by atoms with Gasteiger partial charge < -0.3 is 10.6 Å². The van der Waals surface area contributed by atoms with E-state index in [4.69, 9.17) is 4.98 Å². The summed E-state index contributed by atoms with van der Waals surface area (Å²) in [5.41, 5.74) is 0.952. The van der Waals surface area contributed by atoms with Crippen molar-refractivity contribution in [3.05, 3.63) is 29.3 Å². The standard InChI is InChI=1S/C18H26N6OS/c1-24(2)18-22-15(20-11-6-5-9-19-10-11)14(16(25)23-18)17-21-12-7-3-4-8-13(12)26-17/h3-4,7-8,11,14-15,18-20,22H,5-6,9-10H2,1-2H3,(H,23,25)/t11-,14?,15?,18?/m1/s1. The van der Waals surface area contributed by atoms with Crippen molar-refractivity contribution in [2.75, 3.05) is 27.2 Å². The third-order valence-corrected chi connectivity index (χ3v) is 6.16. The molecule has 0 aliphatic carbocycles. The van der Waals surface area contributed by atoms with E-state index in [2.05, 4.69) is 27.3 Å². The molecule has 3 unspecified atom stereocenters. The maximum absolute atomic E-state index is 13.0. The normalized spacial score (nSPS) is 29.9. The molecule has 2 fully saturated rings. The topological polar surface area (TPSA) is 81.3 Å². The van der Waals surface area contributed by atoms with E-state index in [1.807, 2.05) is 37.2 Å². The monoisotopic (exact) mass is 374 g/mol. The zero-order chi connectivity index (χ0) is 18.1. The molecule has 4 atom stereocenters. The third kappa shape index (κ3) is 3.60. The van der Waals surface area contributed by atoms with E-state index in [0.29, 0.717) is 6.04 Å². The Hall–Kier alpha value is -1.58. The first-order chi connectivity index (χ1) is 12.6. The van der Waals surface area contributed by atoms with Crippen LogP contribution in [0.3, 0.4) is 0 Å². The Morgan fingerprint density at radius 1 is 1.31 bits per heavy atom. The van der Waals surface area contributed by atoms with Gasteiger partial charge in [0.1, 0.15) is 17.2 Å². The molecule has 4 rings (SSSR count). The van der Waals surface area contributed by atoms with Gasteiger partial charge in [0.15, 0.2) is 0 Å². The van der Waals surface area contributed by atoms with Crippen molar-refractivity contribution in [2.24, 2.45) is 0 Å². The number of carbonyl (C=O) groups excluding carboxylic acids is 1. The first-order valence-corrected chi connectivity index (χ1v) is 9.98. The highest BCUT2D eigenvalue weighted by atomic mass is 32.1. The molecule has 3 heterocycles. The third-order valence-electron chi connectivity index (χ3n) is 5.04. The average molecular weight is 375 g/mol. The largest absolute Gasteiger partial charge is 0.327 e. The predicted molar refractivity (Wildman–Crippen MR) is 104 cm³/mol. The van der Waals surface area contributed by atoms with Crippen LogP contribution in [0, 0.1) is 0 Å². The molecule has 0 bridgehead atoms. The van der Waals surface area contributed by atoms with Gasteiger partial charge in [0.25, 0.3) is 0 Å². The number of nitrogens with one attached hydrogen (secondary N) is 4. The van der Waals surface area contributed by atoms with Gasteiger partial charge in [-0.15, -0.1) is 11.3 Å². The summed E-state index contributed by atoms with van der Waals surface area (Å²) in [5.74, 6) is -0.326. The second-order valence-electron chi connectivity index (χ2n) is 7.23. The Morgan fingerprint density at radius 2 is 2.15 bits per heavy atom. The number of hydrogen-bond acceptors (Lipinski definition) is 7. The Balaban J connectivity index is 1.62. The SMILES string of the molecule is CN(C)C1NC(=O)C(c2nc3ccccc3s2)C(N[C@@H]2CCCNC2)N1. The number of thiazole rings is 1. The highest BCUT2D eigenvalue weighted by Crippen LogP contribution is 2.31. The fourth-order valence-corrected chi connectivity index (χ4v) is 4.74. The lowest BCUT2D eigenvalue weighted by molar-refractivity contribution is -0.129. The van der Waals surface area contributed by atoms with Crippen LogP contribution >= 0.6 is 11.3 Å². The molecule has 7 nitrogen and oxygen atoms in total. The molecule has 2 aromatic rings. The Morgan fingerprint density at radius 3 is 2.88 bits per heavy atom. The zero-order valence-electron chi connectivity index (χ0n) is 15.2. The average Bonchev–Trinajstić information content (AvgIpc) is 3.05. The molecular weight excluding hydrogens is 348 g/mol. The van der Waals surface area contributed by atoms with Gasteiger partial charge >= 0.3 is 0 Å². The Labute approximate surface area is 157 Å². The molecule has 140 valence electrons. The second kappa shape index (κ2) is 7.58. The van der Waals surface area contributed by atoms with E-state index in [1.54, 1.807) is 11.3 Å². The van der Waals surface area contributed by atoms with Crippen LogP contribution in [0.2, 0.25) is 0 Å². The molecule has 0 radical (unpaired) electrons. The van der Waals surface area contributed by atoms with Gasteiger partial charge in [-0.2, -0.15) is 0 Å². The smallest absolute Gasteiger partial charge is 0.235 e. The number of para-hydroxylation sites is 1. The molecule has 4 N–H and O–H groups in total. The summed E-state index contributed by atoms with van der Waals surface area (Å²) in [6, 6.07) is 8.40. The number of piperidine rings is 1. The summed E-state index contributed by atoms with van der Waals surface area (Å²) in [5, 5.41) is 14.6. The predicted octanol–water partition coefficient (Wildman–Crippen LogP) is 0.612. The van der Waals surface area contributed by atoms with Crippen molar-refractivity contribution in [3.8, 4) is 0 Å². The number of benzene rings is 1. The zero-order valence-corrected chi connectivity index (χ0v) is 16.0. The number of rotatable bonds is 4. The van der Waals surface area contributed by atoms with Crippen LogP contribution in [0.1, 0.15) is 23.8 Å². The van der Waals surface area contributed by atoms with Crippen molar-refractivity contribution in [1.29, 1.82) is 0 Å². The summed E-state index contributed by atoms with van der Waals surface area (Å²) in [6.45, 7) is 2.00. The van der Waals surface area contributed by atoms with Crippen molar-refractivity contribution in [3.63, 3.8) is 0 Å². The molecule has 2 saturated heterocycles. The Bertz CT molecular complexity index is 739. The molecule has 1 amide bonds. The van der Waals surface area contributed by atoms with Crippen LogP contribution in [0.4, 0.5) is 0 Å². The molecule has 1 aromatic heterocycles. The van der Waals surface area contributed by atoms with E-state index < -0.39 is 0 Å². The van der Waals surface area contributed by atoms with Crippen LogP contribution in [0.5, 0.6) is 0 Å². The molecule has 2 aliphatic heterocycles. The van der Waals surface area contributed by atoms with Crippen LogP contribution in [-0.4, -0.2) is 61.5 Å². The number of hydrogen-bond donors (Lipinski definition) is 4. The quantitative estimate of drug-likeness (QED) is 0.628. The molecule has 1 aromatic carbocycles. The maximum Gasteiger partial charge on any atom is 0.235 e. The van der Waals surface area contributed by atoms with E-state index in [9.17, 15) is 4.79 Å². The van der Waals surface area contributed by atoms with Gasteiger partial charge in [-0.25, -0.2) is 4.98 Å². The van der Waals surface area contributed by atoms with Crippen LogP contribution in [0.15, 0.2) is 24.3 Å². The molecule has 26 heavy (non-hydrogen) atoms. The summed E-state index contributed by atoms with van der Waals surface area (Å²) >= 11 is 1.60. The molecule has 8 heteroatoms. The lowest BCUT2D eigenvalue weighted by Crippen LogP contribution is -2.70. The van der Waals surface area contributed by atoms with Crippen LogP contribution in [0.25, 0.3) is 10.2 Å². The summed E-state index contributed by atoms with van der Waals surface area (Å²) < 4.78 is 1.11. The number of carbonyl (C=O) groups is 1. The van der Waals surface area contributed by atoms with Crippen LogP contribution < -0.4 is 21.3 Å². The summed E-state index contributed by atoms with van der Waals surface area (Å²) in [6.07, 6.45) is 1.93. The van der Waals surface area contributed by atoms with Gasteiger partial charge in [0.05, 0.1) is 16.4 Å². The van der Waals surface area contributed by atoms with Gasteiger partial charge in [-0.3, -0.25) is 20.3 Å². The van der Waals surface area contributed by atoms with Crippen molar-refractivity contribution >= 4 is 27.5 Å². The van der Waals surface area contributed by atoms with Gasteiger partial charge in [-0.1, -0.05) is 12.1 Å². The summed E-state index contributed by atoms with van der Waals surface area (Å²) in [4.78, 5) is 19.7.